The zero-order valence-electron chi connectivity index (χ0n) is 13.9. The molecular weight excluding hydrogens is 340 g/mol. The highest BCUT2D eigenvalue weighted by Gasteiger charge is 2.28. The van der Waals surface area contributed by atoms with Gasteiger partial charge in [0.15, 0.2) is 0 Å². The van der Waals surface area contributed by atoms with E-state index >= 15 is 0 Å². The van der Waals surface area contributed by atoms with Gasteiger partial charge >= 0.3 is 5.97 Å². The minimum absolute atomic E-state index is 0.226. The number of nitrogens with zero attached hydrogens (tertiary/aromatic N) is 2. The third-order valence-corrected chi connectivity index (χ3v) is 5.70. The van der Waals surface area contributed by atoms with Crippen LogP contribution in [0, 0.1) is 5.92 Å². The van der Waals surface area contributed by atoms with Crippen molar-refractivity contribution < 1.29 is 18.3 Å². The van der Waals surface area contributed by atoms with E-state index in [0.29, 0.717) is 19.5 Å². The van der Waals surface area contributed by atoms with E-state index in [1.165, 1.54) is 10.6 Å². The Kier molecular flexibility index (Phi) is 4.87. The zero-order chi connectivity index (χ0) is 18.0. The second kappa shape index (κ2) is 6.93. The Balaban J connectivity index is 1.77. The average Bonchev–Trinajstić information content (AvgIpc) is 3.04. The molecule has 1 aromatic carbocycles. The molecule has 2 heterocycles. The molecule has 0 spiro atoms. The van der Waals surface area contributed by atoms with Crippen molar-refractivity contribution in [3.05, 3.63) is 53.7 Å². The van der Waals surface area contributed by atoms with Gasteiger partial charge in [0.1, 0.15) is 0 Å². The number of sulfonamides is 1. The van der Waals surface area contributed by atoms with Gasteiger partial charge in [-0.15, -0.1) is 0 Å². The van der Waals surface area contributed by atoms with Crippen LogP contribution in [0.25, 0.3) is 11.3 Å². The van der Waals surface area contributed by atoms with E-state index in [9.17, 15) is 13.2 Å². The van der Waals surface area contributed by atoms with Crippen LogP contribution in [0.15, 0.2) is 42.5 Å². The van der Waals surface area contributed by atoms with Crippen LogP contribution in [0.3, 0.4) is 0 Å². The first kappa shape index (κ1) is 17.6. The van der Waals surface area contributed by atoms with Crippen molar-refractivity contribution >= 4 is 16.0 Å². The Bertz CT molecular complexity index is 895. The third kappa shape index (κ3) is 4.24. The molecule has 1 atom stereocenters. The van der Waals surface area contributed by atoms with Crippen molar-refractivity contribution in [3.8, 4) is 11.3 Å². The molecule has 1 saturated heterocycles. The van der Waals surface area contributed by atoms with Gasteiger partial charge in [0.05, 0.1) is 17.5 Å². The van der Waals surface area contributed by atoms with Gasteiger partial charge in [-0.05, 0) is 43.0 Å². The lowest BCUT2D eigenvalue weighted by Gasteiger charge is -2.13. The quantitative estimate of drug-likeness (QED) is 0.884. The molecule has 1 aliphatic heterocycles. The van der Waals surface area contributed by atoms with Crippen molar-refractivity contribution in [3.63, 3.8) is 0 Å². The van der Waals surface area contributed by atoms with Crippen molar-refractivity contribution in [2.75, 3.05) is 19.3 Å². The van der Waals surface area contributed by atoms with Crippen LogP contribution in [0.1, 0.15) is 22.5 Å². The Morgan fingerprint density at radius 3 is 2.72 bits per heavy atom. The number of carbonyl (C=O) groups is 1. The maximum absolute atomic E-state index is 11.6. The van der Waals surface area contributed by atoms with Crippen molar-refractivity contribution in [1.29, 1.82) is 0 Å². The molecule has 1 aromatic heterocycles. The Hall–Kier alpha value is -2.25. The van der Waals surface area contributed by atoms with Gasteiger partial charge in [0.25, 0.3) is 0 Å². The summed E-state index contributed by atoms with van der Waals surface area (Å²) in [5, 5.41) is 9.12. The number of hydrogen-bond donors (Lipinski definition) is 1. The Labute approximate surface area is 147 Å². The fraction of sp³-hybridized carbons (Fsp3) is 0.333. The molecule has 0 bridgehead atoms. The predicted molar refractivity (Wildman–Crippen MR) is 94.9 cm³/mol. The number of rotatable bonds is 5. The number of carboxylic acids is 1. The summed E-state index contributed by atoms with van der Waals surface area (Å²) < 4.78 is 24.8. The largest absolute Gasteiger partial charge is 0.478 e. The molecule has 0 amide bonds. The van der Waals surface area contributed by atoms with E-state index in [0.717, 1.165) is 23.4 Å². The maximum atomic E-state index is 11.6. The predicted octanol–water partition coefficient (Wildman–Crippen LogP) is 2.27. The summed E-state index contributed by atoms with van der Waals surface area (Å²) in [6.45, 7) is 1.09. The van der Waals surface area contributed by atoms with Crippen molar-refractivity contribution in [2.45, 2.75) is 12.8 Å². The second-order valence-electron chi connectivity index (χ2n) is 6.38. The Morgan fingerprint density at radius 1 is 1.28 bits per heavy atom. The topological polar surface area (TPSA) is 87.6 Å². The van der Waals surface area contributed by atoms with Gasteiger partial charge in [0.2, 0.25) is 10.0 Å². The number of benzene rings is 1. The molecule has 1 N–H and O–H groups in total. The molecule has 6 nitrogen and oxygen atoms in total. The first-order valence-corrected chi connectivity index (χ1v) is 9.92. The maximum Gasteiger partial charge on any atom is 0.335 e. The molecule has 0 saturated carbocycles. The highest BCUT2D eigenvalue weighted by atomic mass is 32.2. The fourth-order valence-corrected chi connectivity index (χ4v) is 4.04. The van der Waals surface area contributed by atoms with Crippen LogP contribution in [0.4, 0.5) is 0 Å². The van der Waals surface area contributed by atoms with E-state index in [4.69, 9.17) is 5.11 Å². The van der Waals surface area contributed by atoms with Gasteiger partial charge in [-0.2, -0.15) is 0 Å². The van der Waals surface area contributed by atoms with Crippen LogP contribution in [-0.2, 0) is 16.4 Å². The van der Waals surface area contributed by atoms with E-state index in [2.05, 4.69) is 4.98 Å². The van der Waals surface area contributed by atoms with Crippen LogP contribution in [-0.4, -0.2) is 48.1 Å². The van der Waals surface area contributed by atoms with Crippen LogP contribution in [0.5, 0.6) is 0 Å². The molecule has 1 fully saturated rings. The molecular formula is C18H20N2O4S. The number of pyridine rings is 1. The summed E-state index contributed by atoms with van der Waals surface area (Å²) in [6.07, 6.45) is 2.77. The number of aromatic nitrogens is 1. The molecule has 132 valence electrons. The third-order valence-electron chi connectivity index (χ3n) is 4.43. The van der Waals surface area contributed by atoms with E-state index < -0.39 is 16.0 Å². The van der Waals surface area contributed by atoms with Gasteiger partial charge in [-0.1, -0.05) is 18.2 Å². The molecule has 0 aliphatic carbocycles. The van der Waals surface area contributed by atoms with Gasteiger partial charge in [-0.25, -0.2) is 17.5 Å². The number of carboxylic acid groups (broad SMARTS) is 1. The first-order valence-electron chi connectivity index (χ1n) is 8.08. The summed E-state index contributed by atoms with van der Waals surface area (Å²) in [5.41, 5.74) is 2.59. The SMILES string of the molecule is CS(=O)(=O)N1CC[C@@H](Cc2cccc(-c3cccc(C(=O)O)c3)n2)C1. The second-order valence-corrected chi connectivity index (χ2v) is 8.36. The molecule has 25 heavy (non-hydrogen) atoms. The smallest absolute Gasteiger partial charge is 0.335 e. The molecule has 2 aromatic rings. The fourth-order valence-electron chi connectivity index (χ4n) is 3.13. The molecule has 1 aliphatic rings. The zero-order valence-corrected chi connectivity index (χ0v) is 14.7. The lowest BCUT2D eigenvalue weighted by molar-refractivity contribution is 0.0697. The summed E-state index contributed by atoms with van der Waals surface area (Å²) in [7, 11) is -3.13. The highest BCUT2D eigenvalue weighted by Crippen LogP contribution is 2.24. The lowest BCUT2D eigenvalue weighted by Crippen LogP contribution is -2.27. The van der Waals surface area contributed by atoms with Gasteiger partial charge in [-0.3, -0.25) is 4.98 Å². The average molecular weight is 360 g/mol. The number of hydrogen-bond acceptors (Lipinski definition) is 4. The molecule has 3 rings (SSSR count). The molecule has 0 radical (unpaired) electrons. The minimum atomic E-state index is -3.13. The van der Waals surface area contributed by atoms with Gasteiger partial charge in [0, 0.05) is 24.3 Å². The molecule has 0 unspecified atom stereocenters. The summed E-state index contributed by atoms with van der Waals surface area (Å²) in [6, 6.07) is 12.4. The summed E-state index contributed by atoms with van der Waals surface area (Å²) in [5.74, 6) is -0.715. The van der Waals surface area contributed by atoms with Crippen molar-refractivity contribution in [2.24, 2.45) is 5.92 Å². The van der Waals surface area contributed by atoms with Crippen LogP contribution < -0.4 is 0 Å². The van der Waals surface area contributed by atoms with E-state index in [1.807, 2.05) is 24.3 Å². The van der Waals surface area contributed by atoms with Gasteiger partial charge < -0.3 is 5.11 Å². The van der Waals surface area contributed by atoms with E-state index in [1.54, 1.807) is 18.2 Å². The Morgan fingerprint density at radius 2 is 2.04 bits per heavy atom. The van der Waals surface area contributed by atoms with Crippen LogP contribution in [0.2, 0.25) is 0 Å². The molecule has 7 heteroatoms. The lowest BCUT2D eigenvalue weighted by atomic mass is 10.0. The summed E-state index contributed by atoms with van der Waals surface area (Å²) >= 11 is 0. The van der Waals surface area contributed by atoms with E-state index in [-0.39, 0.29) is 11.5 Å². The van der Waals surface area contributed by atoms with Crippen molar-refractivity contribution in [1.82, 2.24) is 9.29 Å². The standard InChI is InChI=1S/C18H20N2O4S/c1-25(23,24)20-9-8-13(12-20)10-16-6-3-7-17(19-16)14-4-2-5-15(11-14)18(21)22/h2-7,11,13H,8-10,12H2,1H3,(H,21,22)/t13-/m0/s1. The first-order chi connectivity index (χ1) is 11.8. The van der Waals surface area contributed by atoms with Crippen LogP contribution >= 0.6 is 0 Å². The highest BCUT2D eigenvalue weighted by molar-refractivity contribution is 7.88. The summed E-state index contributed by atoms with van der Waals surface area (Å²) in [4.78, 5) is 15.8. The normalized spacial score (nSPS) is 18.4. The monoisotopic (exact) mass is 360 g/mol. The number of aromatic carboxylic acids is 1. The minimum Gasteiger partial charge on any atom is -0.478 e.